The van der Waals surface area contributed by atoms with Crippen LogP contribution in [0.3, 0.4) is 0 Å². The van der Waals surface area contributed by atoms with E-state index in [4.69, 9.17) is 10.6 Å². The Morgan fingerprint density at radius 3 is 2.71 bits per heavy atom. The Labute approximate surface area is 79.4 Å². The molecule has 0 radical (unpaired) electrons. The van der Waals surface area contributed by atoms with Gasteiger partial charge in [-0.1, -0.05) is 18.2 Å². The maximum absolute atomic E-state index is 10.7. The number of hydroxylamine groups is 1. The predicted molar refractivity (Wildman–Crippen MR) is 48.1 cm³/mol. The Balaban J connectivity index is 2.30. The van der Waals surface area contributed by atoms with Crippen LogP contribution in [0, 0.1) is 0 Å². The molecule has 6 heteroatoms. The Kier molecular flexibility index (Phi) is 1.94. The van der Waals surface area contributed by atoms with Crippen LogP contribution in [0.1, 0.15) is 0 Å². The Morgan fingerprint density at radius 1 is 1.29 bits per heavy atom. The fourth-order valence-electron chi connectivity index (χ4n) is 1.01. The van der Waals surface area contributed by atoms with Crippen molar-refractivity contribution in [2.75, 3.05) is 5.06 Å². The van der Waals surface area contributed by atoms with E-state index in [-0.39, 0.29) is 5.96 Å². The lowest BCUT2D eigenvalue weighted by Gasteiger charge is -2.22. The summed E-state index contributed by atoms with van der Waals surface area (Å²) in [5.74, 6) is -0.0317. The van der Waals surface area contributed by atoms with Gasteiger partial charge < -0.3 is 5.73 Å². The third kappa shape index (κ3) is 1.45. The zero-order valence-electron chi connectivity index (χ0n) is 7.08. The average Bonchev–Trinajstić information content (AvgIpc) is 2.23. The summed E-state index contributed by atoms with van der Waals surface area (Å²) >= 11 is 0. The number of rotatable bonds is 1. The van der Waals surface area contributed by atoms with Crippen molar-refractivity contribution in [3.05, 3.63) is 30.3 Å². The van der Waals surface area contributed by atoms with Crippen molar-refractivity contribution < 1.29 is 14.5 Å². The van der Waals surface area contributed by atoms with Gasteiger partial charge in [-0.05, 0) is 17.3 Å². The van der Waals surface area contributed by atoms with Crippen molar-refractivity contribution in [3.8, 4) is 0 Å². The molecule has 72 valence electrons. The molecule has 0 saturated carbocycles. The van der Waals surface area contributed by atoms with Gasteiger partial charge in [-0.2, -0.15) is 4.79 Å². The molecule has 0 saturated heterocycles. The minimum atomic E-state index is -0.914. The molecule has 0 unspecified atom stereocenters. The van der Waals surface area contributed by atoms with Gasteiger partial charge in [0.25, 0.3) is 5.96 Å². The lowest BCUT2D eigenvalue weighted by molar-refractivity contribution is 0.0450. The number of nitrogens with zero attached hydrogens (tertiary/aromatic N) is 2. The number of anilines is 1. The summed E-state index contributed by atoms with van der Waals surface area (Å²) in [6, 6.07) is 8.85. The van der Waals surface area contributed by atoms with Crippen LogP contribution in [0.2, 0.25) is 0 Å². The van der Waals surface area contributed by atoms with E-state index in [0.29, 0.717) is 5.69 Å². The van der Waals surface area contributed by atoms with Crippen LogP contribution in [0.15, 0.2) is 35.5 Å². The van der Waals surface area contributed by atoms with Crippen LogP contribution in [-0.4, -0.2) is 12.1 Å². The van der Waals surface area contributed by atoms with E-state index in [1.165, 1.54) is 0 Å². The highest BCUT2D eigenvalue weighted by molar-refractivity contribution is 5.95. The monoisotopic (exact) mass is 193 g/mol. The Bertz CT molecular complexity index is 377. The second-order valence-electron chi connectivity index (χ2n) is 2.51. The highest BCUT2D eigenvalue weighted by atomic mass is 16.9. The van der Waals surface area contributed by atoms with E-state index in [1.54, 1.807) is 24.3 Å². The molecular weight excluding hydrogens is 186 g/mol. The zero-order chi connectivity index (χ0) is 9.97. The van der Waals surface area contributed by atoms with Crippen LogP contribution < -0.4 is 10.8 Å². The van der Waals surface area contributed by atoms with Gasteiger partial charge in [0.1, 0.15) is 0 Å². The van der Waals surface area contributed by atoms with Crippen molar-refractivity contribution in [2.45, 2.75) is 0 Å². The molecule has 0 fully saturated rings. The molecule has 0 atom stereocenters. The zero-order valence-corrected chi connectivity index (χ0v) is 7.08. The number of carbonyl (C=O) groups excluding carboxylic acids is 1. The maximum atomic E-state index is 10.7. The fourth-order valence-corrected chi connectivity index (χ4v) is 1.01. The van der Waals surface area contributed by atoms with E-state index in [9.17, 15) is 4.79 Å². The van der Waals surface area contributed by atoms with E-state index >= 15 is 0 Å². The maximum Gasteiger partial charge on any atom is 0.561 e. The number of benzene rings is 1. The van der Waals surface area contributed by atoms with Crippen LogP contribution >= 0.6 is 0 Å². The van der Waals surface area contributed by atoms with E-state index in [0.717, 1.165) is 5.06 Å². The summed E-state index contributed by atoms with van der Waals surface area (Å²) in [5.41, 5.74) is 6.05. The highest BCUT2D eigenvalue weighted by Gasteiger charge is 2.23. The Morgan fingerprint density at radius 2 is 2.00 bits per heavy atom. The number of oxime groups is 1. The summed E-state index contributed by atoms with van der Waals surface area (Å²) in [6.45, 7) is 0. The van der Waals surface area contributed by atoms with Crippen molar-refractivity contribution in [1.82, 2.24) is 0 Å². The first-order valence-electron chi connectivity index (χ1n) is 3.85. The minimum Gasteiger partial charge on any atom is -0.364 e. The van der Waals surface area contributed by atoms with Gasteiger partial charge in [-0.15, -0.1) is 5.06 Å². The van der Waals surface area contributed by atoms with Crippen molar-refractivity contribution >= 4 is 17.8 Å². The van der Waals surface area contributed by atoms with Crippen LogP contribution in [-0.2, 0) is 9.68 Å². The molecule has 14 heavy (non-hydrogen) atoms. The Hall–Kier alpha value is -2.24. The first kappa shape index (κ1) is 8.36. The smallest absolute Gasteiger partial charge is 0.364 e. The van der Waals surface area contributed by atoms with Gasteiger partial charge >= 0.3 is 6.16 Å². The molecule has 1 heterocycles. The third-order valence-corrected chi connectivity index (χ3v) is 1.58. The molecule has 1 aliphatic heterocycles. The van der Waals surface area contributed by atoms with Crippen molar-refractivity contribution in [3.63, 3.8) is 0 Å². The van der Waals surface area contributed by atoms with Gasteiger partial charge in [-0.25, -0.2) is 0 Å². The molecule has 1 aromatic carbocycles. The molecule has 1 aliphatic rings. The molecular formula is C8H7N3O3. The lowest BCUT2D eigenvalue weighted by Crippen LogP contribution is -2.42. The van der Waals surface area contributed by atoms with E-state index in [1.807, 2.05) is 6.07 Å². The molecule has 0 amide bonds. The first-order valence-corrected chi connectivity index (χ1v) is 3.85. The van der Waals surface area contributed by atoms with E-state index in [2.05, 4.69) is 9.99 Å². The normalized spacial score (nSPS) is 15.6. The van der Waals surface area contributed by atoms with Gasteiger partial charge in [0, 0.05) is 0 Å². The second-order valence-corrected chi connectivity index (χ2v) is 2.51. The SMILES string of the molecule is NC1=NOC(=O)ON1c1ccccc1. The molecule has 0 bridgehead atoms. The van der Waals surface area contributed by atoms with E-state index < -0.39 is 6.16 Å². The predicted octanol–water partition coefficient (Wildman–Crippen LogP) is 0.805. The minimum absolute atomic E-state index is 0.0317. The highest BCUT2D eigenvalue weighted by Crippen LogP contribution is 2.15. The van der Waals surface area contributed by atoms with Crippen molar-refractivity contribution in [1.29, 1.82) is 0 Å². The van der Waals surface area contributed by atoms with Gasteiger partial charge in [0.15, 0.2) is 0 Å². The molecule has 0 spiro atoms. The number of para-hydroxylation sites is 1. The lowest BCUT2D eigenvalue weighted by atomic mass is 10.3. The van der Waals surface area contributed by atoms with Crippen LogP contribution in [0.5, 0.6) is 0 Å². The standard InChI is InChI=1S/C8H7N3O3/c9-7-10-13-8(12)14-11(7)6-4-2-1-3-5-6/h1-5H,(H2,9,10). The number of carbonyl (C=O) groups is 1. The molecule has 1 aromatic rings. The average molecular weight is 193 g/mol. The molecule has 2 rings (SSSR count). The summed E-state index contributed by atoms with van der Waals surface area (Å²) in [4.78, 5) is 19.6. The number of guanidine groups is 1. The molecule has 0 aromatic heterocycles. The molecule has 2 N–H and O–H groups in total. The topological polar surface area (TPSA) is 77.2 Å². The van der Waals surface area contributed by atoms with Crippen LogP contribution in [0.4, 0.5) is 10.5 Å². The number of hydrogen-bond donors (Lipinski definition) is 1. The summed E-state index contributed by atoms with van der Waals surface area (Å²) < 4.78 is 0. The summed E-state index contributed by atoms with van der Waals surface area (Å²) in [6.07, 6.45) is -0.914. The summed E-state index contributed by atoms with van der Waals surface area (Å²) in [7, 11) is 0. The largest absolute Gasteiger partial charge is 0.561 e. The summed E-state index contributed by atoms with van der Waals surface area (Å²) in [5, 5.41) is 4.40. The first-order chi connectivity index (χ1) is 6.77. The quantitative estimate of drug-likeness (QED) is 0.667. The molecule has 6 nitrogen and oxygen atoms in total. The van der Waals surface area contributed by atoms with Gasteiger partial charge in [-0.3, -0.25) is 9.68 Å². The van der Waals surface area contributed by atoms with Gasteiger partial charge in [0.2, 0.25) is 0 Å². The second kappa shape index (κ2) is 3.25. The van der Waals surface area contributed by atoms with Crippen molar-refractivity contribution in [2.24, 2.45) is 10.9 Å². The molecule has 0 aliphatic carbocycles. The van der Waals surface area contributed by atoms with Crippen LogP contribution in [0.25, 0.3) is 0 Å². The fraction of sp³-hybridized carbons (Fsp3) is 0. The van der Waals surface area contributed by atoms with Gasteiger partial charge in [0.05, 0.1) is 5.69 Å². The number of nitrogens with two attached hydrogens (primary N) is 1. The third-order valence-electron chi connectivity index (χ3n) is 1.58. The number of hydrogen-bond acceptors (Lipinski definition) is 6.